The molecule has 7 heteroatoms. The number of thioether (sulfide) groups is 1. The Hall–Kier alpha value is -2.41. The number of nitrogens with zero attached hydrogens (tertiary/aromatic N) is 1. The van der Waals surface area contributed by atoms with Crippen LogP contribution in [0.4, 0.5) is 14.9 Å². The number of hydrogen-bond acceptors (Lipinski definition) is 4. The highest BCUT2D eigenvalue weighted by Gasteiger charge is 2.33. The fourth-order valence-electron chi connectivity index (χ4n) is 2.73. The minimum absolute atomic E-state index is 0.196. The molecule has 0 saturated carbocycles. The van der Waals surface area contributed by atoms with Crippen LogP contribution in [0.2, 0.25) is 0 Å². The van der Waals surface area contributed by atoms with Gasteiger partial charge in [0.15, 0.2) is 0 Å². The minimum atomic E-state index is -0.389. The average molecular weight is 362 g/mol. The highest BCUT2D eigenvalue weighted by molar-refractivity contribution is 7.99. The quantitative estimate of drug-likeness (QED) is 0.889. The van der Waals surface area contributed by atoms with Gasteiger partial charge in [-0.2, -0.15) is 0 Å². The van der Waals surface area contributed by atoms with Gasteiger partial charge in [-0.15, -0.1) is 11.8 Å². The zero-order chi connectivity index (χ0) is 17.8. The number of rotatable bonds is 4. The number of nitrogens with one attached hydrogen (secondary N) is 1. The molecule has 2 aromatic carbocycles. The fraction of sp³-hybridized carbons (Fsp3) is 0.278. The summed E-state index contributed by atoms with van der Waals surface area (Å²) in [7, 11) is 3.20. The van der Waals surface area contributed by atoms with Crippen molar-refractivity contribution in [3.8, 4) is 11.5 Å². The van der Waals surface area contributed by atoms with E-state index in [-0.39, 0.29) is 17.2 Å². The first-order valence-electron chi connectivity index (χ1n) is 7.79. The van der Waals surface area contributed by atoms with Crippen molar-refractivity contribution in [3.05, 3.63) is 53.8 Å². The topological polar surface area (TPSA) is 50.8 Å². The van der Waals surface area contributed by atoms with E-state index in [2.05, 4.69) is 5.32 Å². The molecule has 2 amide bonds. The Morgan fingerprint density at radius 2 is 2.08 bits per heavy atom. The molecule has 2 aromatic rings. The van der Waals surface area contributed by atoms with Crippen molar-refractivity contribution in [1.82, 2.24) is 4.90 Å². The molecular formula is C18H19FN2O3S. The summed E-state index contributed by atoms with van der Waals surface area (Å²) in [4.78, 5) is 14.4. The van der Waals surface area contributed by atoms with Gasteiger partial charge >= 0.3 is 6.03 Å². The Bertz CT molecular complexity index is 772. The van der Waals surface area contributed by atoms with Crippen molar-refractivity contribution in [1.29, 1.82) is 0 Å². The van der Waals surface area contributed by atoms with Crippen LogP contribution in [0, 0.1) is 5.82 Å². The van der Waals surface area contributed by atoms with Gasteiger partial charge in [0, 0.05) is 23.5 Å². The number of carbonyl (C=O) groups excluding carboxylic acids is 1. The second-order valence-corrected chi connectivity index (χ2v) is 6.65. The van der Waals surface area contributed by atoms with Crippen molar-refractivity contribution in [2.45, 2.75) is 5.37 Å². The van der Waals surface area contributed by atoms with Gasteiger partial charge in [0.2, 0.25) is 0 Å². The van der Waals surface area contributed by atoms with Crippen LogP contribution in [-0.2, 0) is 0 Å². The second kappa shape index (κ2) is 7.65. The Labute approximate surface area is 150 Å². The lowest BCUT2D eigenvalue weighted by Gasteiger charge is -2.26. The second-order valence-electron chi connectivity index (χ2n) is 5.46. The van der Waals surface area contributed by atoms with Gasteiger partial charge in [0.25, 0.3) is 0 Å². The van der Waals surface area contributed by atoms with Gasteiger partial charge in [0.05, 0.1) is 14.2 Å². The van der Waals surface area contributed by atoms with Crippen molar-refractivity contribution >= 4 is 23.5 Å². The maximum Gasteiger partial charge on any atom is 0.323 e. The summed E-state index contributed by atoms with van der Waals surface area (Å²) in [5.41, 5.74) is 1.30. The molecule has 1 fully saturated rings. The third kappa shape index (κ3) is 3.82. The maximum absolute atomic E-state index is 13.3. The van der Waals surface area contributed by atoms with Crippen LogP contribution in [0.3, 0.4) is 0 Å². The van der Waals surface area contributed by atoms with Gasteiger partial charge in [-0.3, -0.25) is 0 Å². The van der Waals surface area contributed by atoms with Gasteiger partial charge in [-0.1, -0.05) is 6.07 Å². The first kappa shape index (κ1) is 17.4. The Morgan fingerprint density at radius 3 is 2.80 bits per heavy atom. The molecule has 1 atom stereocenters. The van der Waals surface area contributed by atoms with Gasteiger partial charge in [-0.05, 0) is 36.4 Å². The molecule has 0 spiro atoms. The fourth-order valence-corrected chi connectivity index (χ4v) is 4.00. The Kier molecular flexibility index (Phi) is 5.33. The van der Waals surface area contributed by atoms with Crippen LogP contribution in [0.5, 0.6) is 11.5 Å². The van der Waals surface area contributed by atoms with E-state index >= 15 is 0 Å². The van der Waals surface area contributed by atoms with Crippen molar-refractivity contribution in [2.75, 3.05) is 31.8 Å². The van der Waals surface area contributed by atoms with E-state index in [1.165, 1.54) is 12.1 Å². The zero-order valence-corrected chi connectivity index (χ0v) is 14.8. The summed E-state index contributed by atoms with van der Waals surface area (Å²) >= 11 is 1.65. The first-order chi connectivity index (χ1) is 12.1. The van der Waals surface area contributed by atoms with E-state index < -0.39 is 0 Å². The van der Waals surface area contributed by atoms with Crippen LogP contribution in [0.25, 0.3) is 0 Å². The van der Waals surface area contributed by atoms with Crippen molar-refractivity contribution in [3.63, 3.8) is 0 Å². The monoisotopic (exact) mass is 362 g/mol. The Morgan fingerprint density at radius 1 is 1.24 bits per heavy atom. The molecule has 0 bridgehead atoms. The average Bonchev–Trinajstić information content (AvgIpc) is 3.11. The van der Waals surface area contributed by atoms with Gasteiger partial charge < -0.3 is 19.7 Å². The van der Waals surface area contributed by atoms with Crippen LogP contribution in [0.15, 0.2) is 42.5 Å². The molecule has 25 heavy (non-hydrogen) atoms. The largest absolute Gasteiger partial charge is 0.497 e. The highest BCUT2D eigenvalue weighted by atomic mass is 32.2. The number of amides is 2. The molecule has 1 N–H and O–H groups in total. The lowest BCUT2D eigenvalue weighted by molar-refractivity contribution is 0.213. The molecule has 5 nitrogen and oxygen atoms in total. The number of halogens is 1. The normalized spacial score (nSPS) is 16.6. The van der Waals surface area contributed by atoms with Crippen molar-refractivity contribution < 1.29 is 18.7 Å². The zero-order valence-electron chi connectivity index (χ0n) is 14.0. The van der Waals surface area contributed by atoms with E-state index in [9.17, 15) is 9.18 Å². The van der Waals surface area contributed by atoms with E-state index in [1.54, 1.807) is 43.0 Å². The number of ether oxygens (including phenoxy) is 2. The molecule has 0 aromatic heterocycles. The van der Waals surface area contributed by atoms with Crippen LogP contribution in [-0.4, -0.2) is 37.4 Å². The van der Waals surface area contributed by atoms with Gasteiger partial charge in [0.1, 0.15) is 22.7 Å². The first-order valence-corrected chi connectivity index (χ1v) is 8.84. The lowest BCUT2D eigenvalue weighted by Crippen LogP contribution is -2.34. The Balaban J connectivity index is 1.84. The van der Waals surface area contributed by atoms with Gasteiger partial charge in [-0.25, -0.2) is 9.18 Å². The van der Waals surface area contributed by atoms with Crippen LogP contribution >= 0.6 is 11.8 Å². The van der Waals surface area contributed by atoms with E-state index in [0.29, 0.717) is 23.7 Å². The summed E-state index contributed by atoms with van der Waals surface area (Å²) in [5.74, 6) is 1.82. The number of benzene rings is 2. The SMILES string of the molecule is COc1ccc(OC)c([C@@H]2SCCN2C(=O)Nc2cccc(F)c2)c1. The smallest absolute Gasteiger partial charge is 0.323 e. The molecule has 0 aliphatic carbocycles. The summed E-state index contributed by atoms with van der Waals surface area (Å²) < 4.78 is 24.1. The molecule has 1 heterocycles. The number of urea groups is 1. The molecular weight excluding hydrogens is 343 g/mol. The molecule has 1 aliphatic rings. The summed E-state index contributed by atoms with van der Waals surface area (Å²) in [5, 5.41) is 2.56. The predicted molar refractivity (Wildman–Crippen MR) is 96.9 cm³/mol. The number of methoxy groups -OCH3 is 2. The van der Waals surface area contributed by atoms with E-state index in [4.69, 9.17) is 9.47 Å². The summed E-state index contributed by atoms with van der Waals surface area (Å²) in [6, 6.07) is 11.1. The molecule has 132 valence electrons. The minimum Gasteiger partial charge on any atom is -0.497 e. The van der Waals surface area contributed by atoms with Crippen molar-refractivity contribution in [2.24, 2.45) is 0 Å². The molecule has 0 unspecified atom stereocenters. The third-order valence-electron chi connectivity index (χ3n) is 3.93. The predicted octanol–water partition coefficient (Wildman–Crippen LogP) is 4.12. The number of carbonyl (C=O) groups is 1. The summed E-state index contributed by atoms with van der Waals surface area (Å²) in [6.07, 6.45) is 0. The standard InChI is InChI=1S/C18H19FN2O3S/c1-23-14-6-7-16(24-2)15(11-14)17-21(8-9-25-17)18(22)20-13-5-3-4-12(19)10-13/h3-7,10-11,17H,8-9H2,1-2H3,(H,20,22)/t17-/m0/s1. The van der Waals surface area contributed by atoms with E-state index in [0.717, 1.165) is 11.3 Å². The lowest BCUT2D eigenvalue weighted by atomic mass is 10.1. The molecule has 1 saturated heterocycles. The highest BCUT2D eigenvalue weighted by Crippen LogP contribution is 2.43. The number of hydrogen-bond donors (Lipinski definition) is 1. The maximum atomic E-state index is 13.3. The third-order valence-corrected chi connectivity index (χ3v) is 5.17. The molecule has 0 radical (unpaired) electrons. The van der Waals surface area contributed by atoms with Crippen LogP contribution < -0.4 is 14.8 Å². The molecule has 1 aliphatic heterocycles. The van der Waals surface area contributed by atoms with Crippen LogP contribution in [0.1, 0.15) is 10.9 Å². The molecule has 3 rings (SSSR count). The number of anilines is 1. The summed E-state index contributed by atoms with van der Waals surface area (Å²) in [6.45, 7) is 0.594. The van der Waals surface area contributed by atoms with E-state index in [1.807, 2.05) is 18.2 Å².